The van der Waals surface area contributed by atoms with Crippen LogP contribution in [0, 0.1) is 3.57 Å². The lowest BCUT2D eigenvalue weighted by Gasteiger charge is -2.07. The van der Waals surface area contributed by atoms with Crippen molar-refractivity contribution in [3.63, 3.8) is 0 Å². The average Bonchev–Trinajstić information content (AvgIpc) is 3.44. The molecule has 3 heterocycles. The Bertz CT molecular complexity index is 1330. The van der Waals surface area contributed by atoms with Crippen LogP contribution in [0.25, 0.3) is 27.6 Å². The number of rotatable bonds is 4. The van der Waals surface area contributed by atoms with E-state index >= 15 is 0 Å². The predicted octanol–water partition coefficient (Wildman–Crippen LogP) is 5.38. The third kappa shape index (κ3) is 3.71. The van der Waals surface area contributed by atoms with Gasteiger partial charge in [0, 0.05) is 20.4 Å². The van der Waals surface area contributed by atoms with Gasteiger partial charge >= 0.3 is 0 Å². The molecule has 0 radical (unpaired) electrons. The number of anilines is 1. The predicted molar refractivity (Wildman–Crippen MR) is 127 cm³/mol. The van der Waals surface area contributed by atoms with Crippen LogP contribution in [-0.2, 0) is 0 Å². The zero-order chi connectivity index (χ0) is 20.5. The highest BCUT2D eigenvalue weighted by Crippen LogP contribution is 2.25. The van der Waals surface area contributed by atoms with Gasteiger partial charge in [-0.15, -0.1) is 21.5 Å². The third-order valence-corrected chi connectivity index (χ3v) is 6.13. The van der Waals surface area contributed by atoms with Gasteiger partial charge in [0.05, 0.1) is 10.6 Å². The first-order valence-corrected chi connectivity index (χ1v) is 11.1. The summed E-state index contributed by atoms with van der Waals surface area (Å²) in [7, 11) is 0. The highest BCUT2D eigenvalue weighted by atomic mass is 127. The molecule has 0 unspecified atom stereocenters. The van der Waals surface area contributed by atoms with Gasteiger partial charge in [-0.25, -0.2) is 0 Å². The Kier molecular flexibility index (Phi) is 5.01. The molecule has 3 aromatic heterocycles. The minimum Gasteiger partial charge on any atom is -0.322 e. The zero-order valence-electron chi connectivity index (χ0n) is 15.5. The van der Waals surface area contributed by atoms with Crippen molar-refractivity contribution < 1.29 is 4.79 Å². The summed E-state index contributed by atoms with van der Waals surface area (Å²) in [5.41, 5.74) is 3.79. The lowest BCUT2D eigenvalue weighted by molar-refractivity contribution is 0.102. The molecule has 5 aromatic rings. The number of carbonyl (C=O) groups is 1. The van der Waals surface area contributed by atoms with E-state index in [9.17, 15) is 4.79 Å². The smallest absolute Gasteiger partial charge is 0.255 e. The second-order valence-corrected chi connectivity index (χ2v) is 8.72. The number of hydrogen-bond acceptors (Lipinski definition) is 5. The summed E-state index contributed by atoms with van der Waals surface area (Å²) in [6.07, 6.45) is 0. The number of hydrogen-bond donors (Lipinski definition) is 1. The van der Waals surface area contributed by atoms with Gasteiger partial charge in [0.15, 0.2) is 11.5 Å². The van der Waals surface area contributed by atoms with Crippen LogP contribution < -0.4 is 5.32 Å². The summed E-state index contributed by atoms with van der Waals surface area (Å²) in [5, 5.41) is 18.1. The standard InChI is InChI=1S/C22H14IN5OS/c23-16-7-3-15(4-8-16)22(29)24-17-9-5-14(6-10-17)18-11-12-20-25-26-21(28(20)27-18)19-2-1-13-30-19/h1-13H,(H,24,29). The lowest BCUT2D eigenvalue weighted by Crippen LogP contribution is -2.11. The SMILES string of the molecule is O=C(Nc1ccc(-c2ccc3nnc(-c4cccs4)n3n2)cc1)c1ccc(I)cc1. The van der Waals surface area contributed by atoms with Crippen molar-refractivity contribution in [2.24, 2.45) is 0 Å². The van der Waals surface area contributed by atoms with Crippen molar-refractivity contribution in [2.45, 2.75) is 0 Å². The zero-order valence-corrected chi connectivity index (χ0v) is 18.5. The second kappa shape index (κ2) is 7.96. The van der Waals surface area contributed by atoms with Crippen molar-refractivity contribution >= 4 is 51.2 Å². The number of nitrogens with one attached hydrogen (secondary N) is 1. The first-order valence-electron chi connectivity index (χ1n) is 9.11. The molecule has 2 aromatic carbocycles. The number of nitrogens with zero attached hydrogens (tertiary/aromatic N) is 4. The van der Waals surface area contributed by atoms with Gasteiger partial charge in [0.1, 0.15) is 0 Å². The molecule has 30 heavy (non-hydrogen) atoms. The van der Waals surface area contributed by atoms with E-state index in [1.807, 2.05) is 78.2 Å². The maximum atomic E-state index is 12.4. The van der Waals surface area contributed by atoms with Crippen molar-refractivity contribution in [3.05, 3.63) is 87.3 Å². The largest absolute Gasteiger partial charge is 0.322 e. The fourth-order valence-corrected chi connectivity index (χ4v) is 4.08. The molecule has 0 aliphatic rings. The van der Waals surface area contributed by atoms with Crippen LogP contribution in [-0.4, -0.2) is 25.7 Å². The second-order valence-electron chi connectivity index (χ2n) is 6.53. The van der Waals surface area contributed by atoms with Gasteiger partial charge in [-0.05, 0) is 82.6 Å². The van der Waals surface area contributed by atoms with E-state index in [1.54, 1.807) is 15.9 Å². The summed E-state index contributed by atoms with van der Waals surface area (Å²) in [6.45, 7) is 0. The number of amides is 1. The third-order valence-electron chi connectivity index (χ3n) is 4.55. The molecule has 0 bridgehead atoms. The van der Waals surface area contributed by atoms with Gasteiger partial charge < -0.3 is 5.32 Å². The van der Waals surface area contributed by atoms with Crippen LogP contribution in [0.5, 0.6) is 0 Å². The Morgan fingerprint density at radius 2 is 1.73 bits per heavy atom. The summed E-state index contributed by atoms with van der Waals surface area (Å²) in [6, 6.07) is 22.9. The quantitative estimate of drug-likeness (QED) is 0.322. The van der Waals surface area contributed by atoms with Crippen molar-refractivity contribution in [3.8, 4) is 22.0 Å². The van der Waals surface area contributed by atoms with E-state index in [2.05, 4.69) is 38.1 Å². The van der Waals surface area contributed by atoms with Gasteiger partial charge in [-0.1, -0.05) is 18.2 Å². The fourth-order valence-electron chi connectivity index (χ4n) is 3.03. The van der Waals surface area contributed by atoms with Crippen molar-refractivity contribution in [2.75, 3.05) is 5.32 Å². The average molecular weight is 523 g/mol. The molecular formula is C22H14IN5OS. The molecule has 0 saturated carbocycles. The molecule has 8 heteroatoms. The van der Waals surface area contributed by atoms with E-state index in [0.717, 1.165) is 31.2 Å². The lowest BCUT2D eigenvalue weighted by atomic mass is 10.1. The van der Waals surface area contributed by atoms with Crippen LogP contribution in [0.2, 0.25) is 0 Å². The number of benzene rings is 2. The Labute approximate surface area is 189 Å². The number of carbonyl (C=O) groups excluding carboxylic acids is 1. The highest BCUT2D eigenvalue weighted by molar-refractivity contribution is 14.1. The molecule has 6 nitrogen and oxygen atoms in total. The summed E-state index contributed by atoms with van der Waals surface area (Å²) >= 11 is 3.82. The molecule has 0 fully saturated rings. The van der Waals surface area contributed by atoms with Crippen LogP contribution in [0.15, 0.2) is 78.2 Å². The minimum absolute atomic E-state index is 0.135. The van der Waals surface area contributed by atoms with Crippen LogP contribution in [0.3, 0.4) is 0 Å². The van der Waals surface area contributed by atoms with Gasteiger partial charge in [0.2, 0.25) is 0 Å². The first-order chi connectivity index (χ1) is 14.7. The molecule has 0 atom stereocenters. The maximum absolute atomic E-state index is 12.4. The molecule has 146 valence electrons. The van der Waals surface area contributed by atoms with Gasteiger partial charge in [-0.3, -0.25) is 4.79 Å². The normalized spacial score (nSPS) is 11.0. The molecule has 0 saturated heterocycles. The van der Waals surface area contributed by atoms with E-state index < -0.39 is 0 Å². The summed E-state index contributed by atoms with van der Waals surface area (Å²) < 4.78 is 2.85. The fraction of sp³-hybridized carbons (Fsp3) is 0. The number of thiophene rings is 1. The highest BCUT2D eigenvalue weighted by Gasteiger charge is 2.12. The molecule has 1 N–H and O–H groups in total. The molecule has 0 aliphatic carbocycles. The Balaban J connectivity index is 1.40. The molecule has 0 aliphatic heterocycles. The molecule has 0 spiro atoms. The Hall–Kier alpha value is -3.11. The van der Waals surface area contributed by atoms with Crippen LogP contribution in [0.4, 0.5) is 5.69 Å². The topological polar surface area (TPSA) is 72.2 Å². The van der Waals surface area contributed by atoms with Crippen molar-refractivity contribution in [1.82, 2.24) is 19.8 Å². The Morgan fingerprint density at radius 1 is 0.933 bits per heavy atom. The number of halogens is 1. The number of fused-ring (bicyclic) bond motifs is 1. The van der Waals surface area contributed by atoms with Gasteiger partial charge in [-0.2, -0.15) is 9.61 Å². The van der Waals surface area contributed by atoms with E-state index in [0.29, 0.717) is 11.2 Å². The maximum Gasteiger partial charge on any atom is 0.255 e. The van der Waals surface area contributed by atoms with Crippen LogP contribution in [0.1, 0.15) is 10.4 Å². The Morgan fingerprint density at radius 3 is 2.47 bits per heavy atom. The molecule has 1 amide bonds. The van der Waals surface area contributed by atoms with Crippen molar-refractivity contribution in [1.29, 1.82) is 0 Å². The van der Waals surface area contributed by atoms with E-state index in [1.165, 1.54) is 0 Å². The first kappa shape index (κ1) is 18.9. The van der Waals surface area contributed by atoms with Crippen LogP contribution >= 0.6 is 33.9 Å². The van der Waals surface area contributed by atoms with E-state index in [4.69, 9.17) is 5.10 Å². The molecular weight excluding hydrogens is 509 g/mol. The minimum atomic E-state index is -0.135. The van der Waals surface area contributed by atoms with Gasteiger partial charge in [0.25, 0.3) is 5.91 Å². The monoisotopic (exact) mass is 523 g/mol. The summed E-state index contributed by atoms with van der Waals surface area (Å²) in [4.78, 5) is 13.4. The van der Waals surface area contributed by atoms with E-state index in [-0.39, 0.29) is 5.91 Å². The molecule has 5 rings (SSSR count). The summed E-state index contributed by atoms with van der Waals surface area (Å²) in [5.74, 6) is 0.590. The number of aromatic nitrogens is 4.